The molecule has 1 atom stereocenters. The van der Waals surface area contributed by atoms with Crippen molar-refractivity contribution in [3.63, 3.8) is 0 Å². The zero-order valence-corrected chi connectivity index (χ0v) is 8.53. The number of aromatic nitrogens is 2. The maximum absolute atomic E-state index is 10.6. The van der Waals surface area contributed by atoms with Gasteiger partial charge in [0.2, 0.25) is 5.28 Å². The summed E-state index contributed by atoms with van der Waals surface area (Å²) < 4.78 is 0. The lowest BCUT2D eigenvalue weighted by molar-refractivity contribution is -0.137. The van der Waals surface area contributed by atoms with Gasteiger partial charge < -0.3 is 5.11 Å². The van der Waals surface area contributed by atoms with Gasteiger partial charge in [-0.1, -0.05) is 6.92 Å². The van der Waals surface area contributed by atoms with Gasteiger partial charge in [-0.3, -0.25) is 4.79 Å². The number of nitrogens with zero attached hydrogens (tertiary/aromatic N) is 2. The second-order valence-electron chi connectivity index (χ2n) is 2.95. The summed E-state index contributed by atoms with van der Waals surface area (Å²) in [5, 5.41) is 8.83. The maximum atomic E-state index is 10.6. The molecule has 1 heterocycles. The Kier molecular flexibility index (Phi) is 3.83. The molecular weight excluding hydrogens is 204 g/mol. The monoisotopic (exact) mass is 214 g/mol. The van der Waals surface area contributed by atoms with Crippen molar-refractivity contribution in [3.8, 4) is 0 Å². The number of carboxylic acids is 1. The zero-order valence-electron chi connectivity index (χ0n) is 7.77. The molecule has 0 aliphatic heterocycles. The number of hydrogen-bond acceptors (Lipinski definition) is 3. The molecule has 0 radical (unpaired) electrons. The van der Waals surface area contributed by atoms with Gasteiger partial charge in [-0.15, -0.1) is 0 Å². The van der Waals surface area contributed by atoms with Crippen LogP contribution in [0.25, 0.3) is 0 Å². The molecule has 1 aromatic rings. The van der Waals surface area contributed by atoms with Crippen LogP contribution in [0.3, 0.4) is 0 Å². The topological polar surface area (TPSA) is 63.1 Å². The van der Waals surface area contributed by atoms with Crippen LogP contribution in [0.1, 0.15) is 31.4 Å². The van der Waals surface area contributed by atoms with Crippen LogP contribution < -0.4 is 0 Å². The molecule has 76 valence electrons. The lowest BCUT2D eigenvalue weighted by Gasteiger charge is -2.10. The van der Waals surface area contributed by atoms with Crippen LogP contribution in [-0.2, 0) is 4.79 Å². The lowest BCUT2D eigenvalue weighted by Crippen LogP contribution is -2.07. The number of carboxylic acid groups (broad SMARTS) is 1. The van der Waals surface area contributed by atoms with E-state index in [1.54, 1.807) is 6.07 Å². The third-order valence-corrected chi connectivity index (χ3v) is 2.16. The van der Waals surface area contributed by atoms with Crippen molar-refractivity contribution >= 4 is 17.6 Å². The Hall–Kier alpha value is -1.16. The Morgan fingerprint density at radius 1 is 1.71 bits per heavy atom. The standard InChI is InChI=1S/C9H11ClN2O2/c1-2-6(5-8(13)14)7-3-4-11-9(10)12-7/h3-4,6H,2,5H2,1H3,(H,13,14). The van der Waals surface area contributed by atoms with Crippen molar-refractivity contribution in [1.82, 2.24) is 9.97 Å². The average Bonchev–Trinajstić information content (AvgIpc) is 2.14. The Morgan fingerprint density at radius 2 is 2.43 bits per heavy atom. The molecule has 1 aromatic heterocycles. The Balaban J connectivity index is 2.83. The van der Waals surface area contributed by atoms with Gasteiger partial charge in [0.15, 0.2) is 0 Å². The summed E-state index contributed by atoms with van der Waals surface area (Å²) in [6.45, 7) is 1.92. The molecule has 0 spiro atoms. The van der Waals surface area contributed by atoms with E-state index in [0.29, 0.717) is 5.69 Å². The SMILES string of the molecule is CCC(CC(=O)O)c1ccnc(Cl)n1. The first kappa shape index (κ1) is 10.9. The lowest BCUT2D eigenvalue weighted by atomic mass is 9.98. The predicted molar refractivity (Wildman–Crippen MR) is 52.3 cm³/mol. The van der Waals surface area contributed by atoms with E-state index in [1.165, 1.54) is 6.20 Å². The van der Waals surface area contributed by atoms with Crippen molar-refractivity contribution in [1.29, 1.82) is 0 Å². The van der Waals surface area contributed by atoms with E-state index < -0.39 is 5.97 Å². The van der Waals surface area contributed by atoms with Crippen LogP contribution in [0, 0.1) is 0 Å². The van der Waals surface area contributed by atoms with Crippen molar-refractivity contribution < 1.29 is 9.90 Å². The fourth-order valence-electron chi connectivity index (χ4n) is 1.24. The zero-order chi connectivity index (χ0) is 10.6. The minimum absolute atomic E-state index is 0.0733. The highest BCUT2D eigenvalue weighted by atomic mass is 35.5. The predicted octanol–water partition coefficient (Wildman–Crippen LogP) is 2.10. The molecule has 0 saturated carbocycles. The third kappa shape index (κ3) is 2.96. The first-order valence-corrected chi connectivity index (χ1v) is 4.71. The molecule has 1 N–H and O–H groups in total. The molecule has 0 aliphatic rings. The smallest absolute Gasteiger partial charge is 0.304 e. The van der Waals surface area contributed by atoms with E-state index in [1.807, 2.05) is 6.92 Å². The summed E-state index contributed by atoms with van der Waals surface area (Å²) in [4.78, 5) is 18.3. The third-order valence-electron chi connectivity index (χ3n) is 1.98. The molecule has 1 unspecified atom stereocenters. The van der Waals surface area contributed by atoms with Crippen molar-refractivity contribution in [3.05, 3.63) is 23.2 Å². The van der Waals surface area contributed by atoms with E-state index in [-0.39, 0.29) is 17.6 Å². The minimum Gasteiger partial charge on any atom is -0.481 e. The van der Waals surface area contributed by atoms with Crippen LogP contribution in [0.4, 0.5) is 0 Å². The molecule has 1 rings (SSSR count). The first-order valence-electron chi connectivity index (χ1n) is 4.33. The van der Waals surface area contributed by atoms with Gasteiger partial charge in [-0.25, -0.2) is 9.97 Å². The Labute approximate surface area is 87.0 Å². The molecule has 0 saturated heterocycles. The number of rotatable bonds is 4. The van der Waals surface area contributed by atoms with Crippen LogP contribution in [0.2, 0.25) is 5.28 Å². The minimum atomic E-state index is -0.827. The van der Waals surface area contributed by atoms with Crippen molar-refractivity contribution in [2.45, 2.75) is 25.7 Å². The average molecular weight is 215 g/mol. The van der Waals surface area contributed by atoms with Gasteiger partial charge in [0.1, 0.15) is 0 Å². The second-order valence-corrected chi connectivity index (χ2v) is 3.29. The number of aliphatic carboxylic acids is 1. The second kappa shape index (κ2) is 4.91. The van der Waals surface area contributed by atoms with E-state index >= 15 is 0 Å². The molecule has 14 heavy (non-hydrogen) atoms. The van der Waals surface area contributed by atoms with E-state index in [9.17, 15) is 4.79 Å². The molecule has 0 amide bonds. The summed E-state index contributed by atoms with van der Waals surface area (Å²) in [6.07, 6.45) is 2.33. The normalized spacial score (nSPS) is 12.4. The van der Waals surface area contributed by atoms with Crippen LogP contribution in [0.5, 0.6) is 0 Å². The van der Waals surface area contributed by atoms with Crippen molar-refractivity contribution in [2.75, 3.05) is 0 Å². The fraction of sp³-hybridized carbons (Fsp3) is 0.444. The fourth-order valence-corrected chi connectivity index (χ4v) is 1.40. The van der Waals surface area contributed by atoms with Gasteiger partial charge in [0.25, 0.3) is 0 Å². The number of hydrogen-bond donors (Lipinski definition) is 1. The van der Waals surface area contributed by atoms with Gasteiger partial charge in [0.05, 0.1) is 6.42 Å². The van der Waals surface area contributed by atoms with E-state index in [2.05, 4.69) is 9.97 Å². The number of halogens is 1. The Morgan fingerprint density at radius 3 is 2.93 bits per heavy atom. The molecule has 0 bridgehead atoms. The van der Waals surface area contributed by atoms with Crippen LogP contribution in [0.15, 0.2) is 12.3 Å². The highest BCUT2D eigenvalue weighted by Gasteiger charge is 2.15. The maximum Gasteiger partial charge on any atom is 0.304 e. The van der Waals surface area contributed by atoms with Crippen LogP contribution >= 0.6 is 11.6 Å². The Bertz CT molecular complexity index is 330. The summed E-state index contributed by atoms with van der Waals surface area (Å²) in [5.74, 6) is -0.917. The largest absolute Gasteiger partial charge is 0.481 e. The molecule has 5 heteroatoms. The summed E-state index contributed by atoms with van der Waals surface area (Å²) in [5.41, 5.74) is 0.690. The van der Waals surface area contributed by atoms with Gasteiger partial charge in [0, 0.05) is 17.8 Å². The molecule has 0 aromatic carbocycles. The summed E-state index contributed by atoms with van der Waals surface area (Å²) in [7, 11) is 0. The van der Waals surface area contributed by atoms with Gasteiger partial charge in [-0.2, -0.15) is 0 Å². The van der Waals surface area contributed by atoms with Crippen LogP contribution in [-0.4, -0.2) is 21.0 Å². The van der Waals surface area contributed by atoms with E-state index in [0.717, 1.165) is 6.42 Å². The quantitative estimate of drug-likeness (QED) is 0.780. The molecule has 0 fully saturated rings. The highest BCUT2D eigenvalue weighted by molar-refractivity contribution is 6.28. The van der Waals surface area contributed by atoms with Gasteiger partial charge in [-0.05, 0) is 24.1 Å². The molecule has 0 aliphatic carbocycles. The molecule has 4 nitrogen and oxygen atoms in total. The van der Waals surface area contributed by atoms with E-state index in [4.69, 9.17) is 16.7 Å². The summed E-state index contributed by atoms with van der Waals surface area (Å²) >= 11 is 5.61. The number of carbonyl (C=O) groups is 1. The van der Waals surface area contributed by atoms with Crippen molar-refractivity contribution in [2.24, 2.45) is 0 Å². The highest BCUT2D eigenvalue weighted by Crippen LogP contribution is 2.21. The first-order chi connectivity index (χ1) is 6.63. The van der Waals surface area contributed by atoms with Gasteiger partial charge >= 0.3 is 5.97 Å². The molecular formula is C9H11ClN2O2. The summed E-state index contributed by atoms with van der Waals surface area (Å²) in [6, 6.07) is 1.70.